The van der Waals surface area contributed by atoms with Crippen LogP contribution in [0.1, 0.15) is 28.3 Å². The first kappa shape index (κ1) is 8.84. The van der Waals surface area contributed by atoms with Gasteiger partial charge in [0.2, 0.25) is 0 Å². The Kier molecular flexibility index (Phi) is 2.42. The van der Waals surface area contributed by atoms with Crippen LogP contribution in [0.5, 0.6) is 0 Å². The van der Waals surface area contributed by atoms with Gasteiger partial charge in [-0.05, 0) is 19.4 Å². The highest BCUT2D eigenvalue weighted by atomic mass is 32.1. The minimum atomic E-state index is 0.230. The van der Waals surface area contributed by atoms with Crippen LogP contribution in [0.4, 0.5) is 0 Å². The van der Waals surface area contributed by atoms with E-state index in [2.05, 4.69) is 4.98 Å². The Bertz CT molecular complexity index is 317. The van der Waals surface area contributed by atoms with E-state index in [9.17, 15) is 4.79 Å². The van der Waals surface area contributed by atoms with E-state index in [-0.39, 0.29) is 11.7 Å². The van der Waals surface area contributed by atoms with Gasteiger partial charge in [0, 0.05) is 17.7 Å². The second-order valence-electron chi connectivity index (χ2n) is 3.32. The van der Waals surface area contributed by atoms with Gasteiger partial charge in [0.05, 0.1) is 5.69 Å². The van der Waals surface area contributed by atoms with Crippen LogP contribution in [0.2, 0.25) is 0 Å². The maximum Gasteiger partial charge on any atom is 0.194 e. The maximum atomic E-state index is 11.5. The molecule has 0 bridgehead atoms. The summed E-state index contributed by atoms with van der Waals surface area (Å²) in [5, 5.41) is 2.61. The molecule has 2 N–H and O–H groups in total. The van der Waals surface area contributed by atoms with Gasteiger partial charge in [0.1, 0.15) is 0 Å². The predicted octanol–water partition coefficient (Wildman–Crippen LogP) is 1.24. The number of Topliss-reactive ketones (excluding diaryl/α,β-unsaturated/α-hetero) is 1. The molecule has 0 spiro atoms. The molecule has 0 aromatic carbocycles. The minimum Gasteiger partial charge on any atom is -0.330 e. The van der Waals surface area contributed by atoms with E-state index < -0.39 is 0 Å². The average molecular weight is 196 g/mol. The Morgan fingerprint density at radius 3 is 3.08 bits per heavy atom. The van der Waals surface area contributed by atoms with Crippen molar-refractivity contribution in [3.8, 4) is 0 Å². The van der Waals surface area contributed by atoms with Crippen molar-refractivity contribution in [2.45, 2.75) is 19.3 Å². The summed E-state index contributed by atoms with van der Waals surface area (Å²) in [6, 6.07) is 0. The van der Waals surface area contributed by atoms with Crippen LogP contribution < -0.4 is 5.73 Å². The van der Waals surface area contributed by atoms with Crippen molar-refractivity contribution < 1.29 is 4.79 Å². The third-order valence-corrected chi connectivity index (χ3v) is 3.02. The van der Waals surface area contributed by atoms with E-state index in [4.69, 9.17) is 5.73 Å². The van der Waals surface area contributed by atoms with E-state index in [1.54, 1.807) is 0 Å². The summed E-state index contributed by atoms with van der Waals surface area (Å²) in [6.07, 6.45) is 2.86. The van der Waals surface area contributed by atoms with Gasteiger partial charge in [-0.25, -0.2) is 4.98 Å². The summed E-state index contributed by atoms with van der Waals surface area (Å²) in [4.78, 5) is 15.8. The molecular weight excluding hydrogens is 184 g/mol. The summed E-state index contributed by atoms with van der Waals surface area (Å²) in [5.74, 6) is 0.505. The van der Waals surface area contributed by atoms with Crippen LogP contribution in [0.25, 0.3) is 0 Å². The number of hydrogen-bond donors (Lipinski definition) is 1. The monoisotopic (exact) mass is 196 g/mol. The van der Waals surface area contributed by atoms with E-state index in [1.165, 1.54) is 11.3 Å². The molecule has 1 aliphatic rings. The quantitative estimate of drug-likeness (QED) is 0.737. The van der Waals surface area contributed by atoms with Crippen LogP contribution in [-0.2, 0) is 6.42 Å². The lowest BCUT2D eigenvalue weighted by atomic mass is 10.3. The van der Waals surface area contributed by atoms with Gasteiger partial charge in [0.25, 0.3) is 0 Å². The number of aromatic nitrogens is 1. The molecule has 1 saturated carbocycles. The molecule has 0 radical (unpaired) electrons. The molecule has 1 heterocycles. The summed E-state index contributed by atoms with van der Waals surface area (Å²) >= 11 is 1.45. The molecule has 0 aliphatic heterocycles. The SMILES string of the molecule is NCCc1csc(C(=O)C2CC2)n1. The zero-order valence-electron chi connectivity index (χ0n) is 7.32. The normalized spacial score (nSPS) is 16.1. The highest BCUT2D eigenvalue weighted by molar-refractivity contribution is 7.11. The summed E-state index contributed by atoms with van der Waals surface area (Å²) in [5.41, 5.74) is 6.35. The lowest BCUT2D eigenvalue weighted by molar-refractivity contribution is 0.0967. The highest BCUT2D eigenvalue weighted by Crippen LogP contribution is 2.33. The fraction of sp³-hybridized carbons (Fsp3) is 0.556. The van der Waals surface area contributed by atoms with Crippen molar-refractivity contribution in [2.24, 2.45) is 11.7 Å². The lowest BCUT2D eigenvalue weighted by Gasteiger charge is -1.90. The molecule has 1 fully saturated rings. The first-order chi connectivity index (χ1) is 6.31. The molecule has 1 aliphatic carbocycles. The average Bonchev–Trinajstić information content (AvgIpc) is 2.87. The molecule has 70 valence electrons. The van der Waals surface area contributed by atoms with Gasteiger partial charge >= 0.3 is 0 Å². The van der Waals surface area contributed by atoms with E-state index in [0.29, 0.717) is 11.6 Å². The molecule has 0 unspecified atom stereocenters. The Morgan fingerprint density at radius 2 is 2.46 bits per heavy atom. The Morgan fingerprint density at radius 1 is 1.69 bits per heavy atom. The van der Waals surface area contributed by atoms with Gasteiger partial charge in [-0.3, -0.25) is 4.79 Å². The Balaban J connectivity index is 2.07. The highest BCUT2D eigenvalue weighted by Gasteiger charge is 2.32. The predicted molar refractivity (Wildman–Crippen MR) is 51.9 cm³/mol. The molecule has 1 aromatic rings. The van der Waals surface area contributed by atoms with Gasteiger partial charge in [-0.1, -0.05) is 0 Å². The Hall–Kier alpha value is -0.740. The smallest absolute Gasteiger partial charge is 0.194 e. The number of rotatable bonds is 4. The first-order valence-electron chi connectivity index (χ1n) is 4.50. The molecule has 0 saturated heterocycles. The van der Waals surface area contributed by atoms with Gasteiger partial charge in [-0.15, -0.1) is 11.3 Å². The standard InChI is InChI=1S/C9H12N2OS/c10-4-3-7-5-13-9(11-7)8(12)6-1-2-6/h5-6H,1-4,10H2. The zero-order chi connectivity index (χ0) is 9.26. The first-order valence-corrected chi connectivity index (χ1v) is 5.38. The van der Waals surface area contributed by atoms with Crippen molar-refractivity contribution in [3.05, 3.63) is 16.1 Å². The molecule has 0 atom stereocenters. The lowest BCUT2D eigenvalue weighted by Crippen LogP contribution is -2.04. The fourth-order valence-electron chi connectivity index (χ4n) is 1.20. The van der Waals surface area contributed by atoms with Gasteiger partial charge in [0.15, 0.2) is 10.8 Å². The van der Waals surface area contributed by atoms with Crippen LogP contribution in [0, 0.1) is 5.92 Å². The van der Waals surface area contributed by atoms with Crippen molar-refractivity contribution in [3.63, 3.8) is 0 Å². The number of carbonyl (C=O) groups is 1. The number of thiazole rings is 1. The maximum absolute atomic E-state index is 11.5. The number of ketones is 1. The van der Waals surface area contributed by atoms with Crippen LogP contribution >= 0.6 is 11.3 Å². The third kappa shape index (κ3) is 1.95. The summed E-state index contributed by atoms with van der Waals surface area (Å²) < 4.78 is 0. The van der Waals surface area contributed by atoms with Crippen molar-refractivity contribution in [1.29, 1.82) is 0 Å². The van der Waals surface area contributed by atoms with Crippen molar-refractivity contribution >= 4 is 17.1 Å². The zero-order valence-corrected chi connectivity index (χ0v) is 8.14. The molecule has 1 aromatic heterocycles. The molecule has 4 heteroatoms. The number of hydrogen-bond acceptors (Lipinski definition) is 4. The number of nitrogens with two attached hydrogens (primary N) is 1. The number of nitrogens with zero attached hydrogens (tertiary/aromatic N) is 1. The molecule has 3 nitrogen and oxygen atoms in total. The van der Waals surface area contributed by atoms with Crippen LogP contribution in [0.3, 0.4) is 0 Å². The van der Waals surface area contributed by atoms with Gasteiger partial charge < -0.3 is 5.73 Å². The summed E-state index contributed by atoms with van der Waals surface area (Å²) in [7, 11) is 0. The van der Waals surface area contributed by atoms with E-state index >= 15 is 0 Å². The number of carbonyl (C=O) groups excluding carboxylic acids is 1. The van der Waals surface area contributed by atoms with Crippen molar-refractivity contribution in [2.75, 3.05) is 6.54 Å². The second kappa shape index (κ2) is 3.55. The molecule has 0 amide bonds. The second-order valence-corrected chi connectivity index (χ2v) is 4.18. The topological polar surface area (TPSA) is 56.0 Å². The largest absolute Gasteiger partial charge is 0.330 e. The fourth-order valence-corrected chi connectivity index (χ4v) is 2.07. The third-order valence-electron chi connectivity index (χ3n) is 2.11. The van der Waals surface area contributed by atoms with Gasteiger partial charge in [-0.2, -0.15) is 0 Å². The summed E-state index contributed by atoms with van der Waals surface area (Å²) in [6.45, 7) is 0.598. The van der Waals surface area contributed by atoms with Crippen LogP contribution in [-0.4, -0.2) is 17.3 Å². The molecular formula is C9H12N2OS. The van der Waals surface area contributed by atoms with E-state index in [0.717, 1.165) is 25.0 Å². The minimum absolute atomic E-state index is 0.230. The van der Waals surface area contributed by atoms with Crippen LogP contribution in [0.15, 0.2) is 5.38 Å². The Labute approximate surface area is 81.0 Å². The van der Waals surface area contributed by atoms with E-state index in [1.807, 2.05) is 5.38 Å². The molecule has 2 rings (SSSR count). The van der Waals surface area contributed by atoms with Crippen molar-refractivity contribution in [1.82, 2.24) is 4.98 Å². The molecule has 13 heavy (non-hydrogen) atoms.